The Morgan fingerprint density at radius 2 is 1.65 bits per heavy atom. The molecule has 3 rings (SSSR count). The first-order valence-corrected chi connectivity index (χ1v) is 11.6. The van der Waals surface area contributed by atoms with Gasteiger partial charge in [0.05, 0.1) is 12.1 Å². The molecule has 172 valence electrons. The predicted octanol–water partition coefficient (Wildman–Crippen LogP) is 1.80. The molecular weight excluding hydrogens is 388 g/mol. The molecule has 2 aliphatic heterocycles. The van der Waals surface area contributed by atoms with Crippen LogP contribution >= 0.6 is 0 Å². The van der Waals surface area contributed by atoms with Crippen molar-refractivity contribution in [3.05, 3.63) is 35.4 Å². The quantitative estimate of drug-likeness (QED) is 0.553. The molecule has 1 amide bonds. The Bertz CT molecular complexity index is 733. The summed E-state index contributed by atoms with van der Waals surface area (Å²) in [4.78, 5) is 26.2. The number of carbonyl (C=O) groups excluding carboxylic acids is 1. The lowest BCUT2D eigenvalue weighted by Gasteiger charge is -2.40. The second-order valence-corrected chi connectivity index (χ2v) is 9.05. The molecule has 2 aliphatic rings. The zero-order valence-corrected chi connectivity index (χ0v) is 20.0. The maximum Gasteiger partial charge on any atom is 0.239 e. The third-order valence-corrected chi connectivity index (χ3v) is 6.69. The average molecular weight is 429 g/mol. The number of rotatable bonds is 6. The first kappa shape index (κ1) is 23.5. The number of likely N-dealkylation sites (tertiary alicyclic amines) is 1. The summed E-state index contributed by atoms with van der Waals surface area (Å²) in [5.41, 5.74) is 2.58. The van der Waals surface area contributed by atoms with Crippen molar-refractivity contribution in [1.29, 1.82) is 0 Å². The zero-order chi connectivity index (χ0) is 22.4. The minimum atomic E-state index is -0.0325. The van der Waals surface area contributed by atoms with Gasteiger partial charge in [-0.1, -0.05) is 29.8 Å². The van der Waals surface area contributed by atoms with E-state index in [1.807, 2.05) is 11.9 Å². The van der Waals surface area contributed by atoms with Crippen molar-refractivity contribution >= 4 is 11.9 Å². The van der Waals surface area contributed by atoms with Crippen molar-refractivity contribution in [2.75, 3.05) is 67.0 Å². The van der Waals surface area contributed by atoms with Gasteiger partial charge >= 0.3 is 0 Å². The number of carbonyl (C=O) groups is 1. The molecule has 2 heterocycles. The Labute approximate surface area is 188 Å². The monoisotopic (exact) mass is 428 g/mol. The number of amides is 1. The highest BCUT2D eigenvalue weighted by atomic mass is 16.2. The van der Waals surface area contributed by atoms with Crippen LogP contribution in [0.3, 0.4) is 0 Å². The number of likely N-dealkylation sites (N-methyl/N-ethyl adjacent to an activating group) is 1. The van der Waals surface area contributed by atoms with E-state index in [1.165, 1.54) is 11.1 Å². The van der Waals surface area contributed by atoms with Gasteiger partial charge in [-0.25, -0.2) is 0 Å². The zero-order valence-electron chi connectivity index (χ0n) is 20.0. The van der Waals surface area contributed by atoms with E-state index in [9.17, 15) is 4.79 Å². The Morgan fingerprint density at radius 1 is 1.03 bits per heavy atom. The predicted molar refractivity (Wildman–Crippen MR) is 127 cm³/mol. The van der Waals surface area contributed by atoms with Crippen LogP contribution in [0.5, 0.6) is 0 Å². The SMILES string of the molecule is CN=C(NCC(c1ccc(C)cc1)N(C)C)N1CCN(C(C)C(=O)N2CCCC2)CC1. The average Bonchev–Trinajstić information content (AvgIpc) is 3.32. The summed E-state index contributed by atoms with van der Waals surface area (Å²) >= 11 is 0. The summed E-state index contributed by atoms with van der Waals surface area (Å²) in [6.07, 6.45) is 2.29. The molecule has 1 aromatic carbocycles. The number of benzene rings is 1. The van der Waals surface area contributed by atoms with E-state index in [-0.39, 0.29) is 12.1 Å². The van der Waals surface area contributed by atoms with Gasteiger partial charge in [0.2, 0.25) is 5.91 Å². The van der Waals surface area contributed by atoms with Gasteiger partial charge in [-0.15, -0.1) is 0 Å². The summed E-state index contributed by atoms with van der Waals surface area (Å²) in [6.45, 7) is 10.4. The van der Waals surface area contributed by atoms with E-state index in [0.717, 1.165) is 64.6 Å². The van der Waals surface area contributed by atoms with E-state index in [4.69, 9.17) is 0 Å². The second-order valence-electron chi connectivity index (χ2n) is 9.05. The molecule has 0 saturated carbocycles. The second kappa shape index (κ2) is 11.0. The van der Waals surface area contributed by atoms with Gasteiger partial charge in [0.1, 0.15) is 0 Å². The maximum absolute atomic E-state index is 12.7. The molecule has 0 bridgehead atoms. The first-order valence-electron chi connectivity index (χ1n) is 11.6. The Morgan fingerprint density at radius 3 is 2.19 bits per heavy atom. The van der Waals surface area contributed by atoms with Crippen molar-refractivity contribution in [2.45, 2.75) is 38.8 Å². The molecule has 7 heteroatoms. The minimum Gasteiger partial charge on any atom is -0.354 e. The highest BCUT2D eigenvalue weighted by molar-refractivity contribution is 5.82. The van der Waals surface area contributed by atoms with Crippen molar-refractivity contribution in [3.8, 4) is 0 Å². The molecule has 1 aromatic rings. The van der Waals surface area contributed by atoms with E-state index in [2.05, 4.69) is 77.2 Å². The standard InChI is InChI=1S/C24H40N6O/c1-19-8-10-21(11-9-19)22(27(4)5)18-26-24(25-3)30-16-14-28(15-17-30)20(2)23(31)29-12-6-7-13-29/h8-11,20,22H,6-7,12-18H2,1-5H3,(H,25,26). The molecule has 2 saturated heterocycles. The van der Waals surface area contributed by atoms with Gasteiger partial charge in [-0.2, -0.15) is 0 Å². The molecule has 2 fully saturated rings. The molecule has 0 spiro atoms. The van der Waals surface area contributed by atoms with Crippen LogP contribution in [-0.2, 0) is 4.79 Å². The van der Waals surface area contributed by atoms with E-state index in [0.29, 0.717) is 5.91 Å². The summed E-state index contributed by atoms with van der Waals surface area (Å²) in [6, 6.07) is 9.01. The molecule has 31 heavy (non-hydrogen) atoms. The van der Waals surface area contributed by atoms with Crippen LogP contribution < -0.4 is 5.32 Å². The number of nitrogens with zero attached hydrogens (tertiary/aromatic N) is 5. The van der Waals surface area contributed by atoms with Crippen molar-refractivity contribution in [1.82, 2.24) is 24.9 Å². The first-order chi connectivity index (χ1) is 14.9. The van der Waals surface area contributed by atoms with Crippen LogP contribution in [0.1, 0.15) is 36.9 Å². The van der Waals surface area contributed by atoms with Gasteiger partial charge in [0.15, 0.2) is 5.96 Å². The molecule has 7 nitrogen and oxygen atoms in total. The fourth-order valence-electron chi connectivity index (χ4n) is 4.59. The number of aryl methyl sites for hydroxylation is 1. The minimum absolute atomic E-state index is 0.0325. The normalized spacial score (nSPS) is 20.3. The Kier molecular flexibility index (Phi) is 8.32. The van der Waals surface area contributed by atoms with Crippen molar-refractivity contribution in [2.24, 2.45) is 4.99 Å². The van der Waals surface area contributed by atoms with Crippen LogP contribution in [0, 0.1) is 6.92 Å². The van der Waals surface area contributed by atoms with E-state index < -0.39 is 0 Å². The fraction of sp³-hybridized carbons (Fsp3) is 0.667. The number of nitrogens with one attached hydrogen (secondary N) is 1. The van der Waals surface area contributed by atoms with E-state index >= 15 is 0 Å². The Hall–Kier alpha value is -2.12. The fourth-order valence-corrected chi connectivity index (χ4v) is 4.59. The van der Waals surface area contributed by atoms with Crippen LogP contribution in [0.2, 0.25) is 0 Å². The highest BCUT2D eigenvalue weighted by Crippen LogP contribution is 2.18. The van der Waals surface area contributed by atoms with Crippen molar-refractivity contribution < 1.29 is 4.79 Å². The number of piperazine rings is 1. The van der Waals surface area contributed by atoms with Gasteiger partial charge in [-0.05, 0) is 46.3 Å². The lowest BCUT2D eigenvalue weighted by Crippen LogP contribution is -2.57. The number of hydrogen-bond acceptors (Lipinski definition) is 4. The summed E-state index contributed by atoms with van der Waals surface area (Å²) in [5, 5.41) is 3.59. The molecule has 2 atom stereocenters. The molecule has 1 N–H and O–H groups in total. The third kappa shape index (κ3) is 5.98. The van der Waals surface area contributed by atoms with Gasteiger partial charge in [-0.3, -0.25) is 14.7 Å². The van der Waals surface area contributed by atoms with Crippen LogP contribution in [0.4, 0.5) is 0 Å². The molecule has 0 aliphatic carbocycles. The van der Waals surface area contributed by atoms with E-state index in [1.54, 1.807) is 0 Å². The summed E-state index contributed by atoms with van der Waals surface area (Å²) in [7, 11) is 6.09. The van der Waals surface area contributed by atoms with Crippen LogP contribution in [-0.4, -0.2) is 104 Å². The number of guanidine groups is 1. The Balaban J connectivity index is 1.52. The molecule has 0 aromatic heterocycles. The lowest BCUT2D eigenvalue weighted by molar-refractivity contribution is -0.135. The van der Waals surface area contributed by atoms with Crippen LogP contribution in [0.25, 0.3) is 0 Å². The number of aliphatic imine (C=N–C) groups is 1. The maximum atomic E-state index is 12.7. The van der Waals surface area contributed by atoms with Gasteiger partial charge in [0, 0.05) is 52.9 Å². The third-order valence-electron chi connectivity index (χ3n) is 6.69. The van der Waals surface area contributed by atoms with Crippen LogP contribution in [0.15, 0.2) is 29.3 Å². The largest absolute Gasteiger partial charge is 0.354 e. The summed E-state index contributed by atoms with van der Waals surface area (Å²) in [5.74, 6) is 1.23. The molecule has 0 radical (unpaired) electrons. The molecular formula is C24H40N6O. The van der Waals surface area contributed by atoms with Gasteiger partial charge in [0.25, 0.3) is 0 Å². The topological polar surface area (TPSA) is 54.4 Å². The number of hydrogen-bond donors (Lipinski definition) is 1. The van der Waals surface area contributed by atoms with Crippen molar-refractivity contribution in [3.63, 3.8) is 0 Å². The van der Waals surface area contributed by atoms with Gasteiger partial charge < -0.3 is 20.0 Å². The highest BCUT2D eigenvalue weighted by Gasteiger charge is 2.30. The summed E-state index contributed by atoms with van der Waals surface area (Å²) < 4.78 is 0. The molecule has 2 unspecified atom stereocenters. The smallest absolute Gasteiger partial charge is 0.239 e. The lowest BCUT2D eigenvalue weighted by atomic mass is 10.0.